The van der Waals surface area contributed by atoms with E-state index in [1.54, 1.807) is 0 Å². The van der Waals surface area contributed by atoms with E-state index in [1.165, 1.54) is 5.56 Å². The summed E-state index contributed by atoms with van der Waals surface area (Å²) in [6, 6.07) is 10.1. The number of imidazole rings is 1. The first-order valence-corrected chi connectivity index (χ1v) is 6.53. The van der Waals surface area contributed by atoms with E-state index in [0.29, 0.717) is 0 Å². The normalized spacial score (nSPS) is 11.1. The van der Waals surface area contributed by atoms with Crippen molar-refractivity contribution >= 4 is 27.1 Å². The van der Waals surface area contributed by atoms with E-state index in [9.17, 15) is 0 Å². The summed E-state index contributed by atoms with van der Waals surface area (Å²) in [5.41, 5.74) is 4.95. The molecule has 0 aliphatic carbocycles. The summed E-state index contributed by atoms with van der Waals surface area (Å²) in [5.74, 6) is 0.846. The van der Waals surface area contributed by atoms with Crippen LogP contribution in [0, 0.1) is 13.8 Å². The first kappa shape index (κ1) is 11.4. The van der Waals surface area contributed by atoms with Gasteiger partial charge in [-0.3, -0.25) is 0 Å². The topological polar surface area (TPSA) is 41.6 Å². The van der Waals surface area contributed by atoms with Gasteiger partial charge >= 0.3 is 0 Å². The fraction of sp³-hybridized carbons (Fsp3) is 0.143. The SMILES string of the molecule is Cc1ccc2[nH]c(-c3cccc(C)c3Br)nc2n1. The number of benzene rings is 1. The van der Waals surface area contributed by atoms with E-state index in [0.717, 1.165) is 32.7 Å². The molecule has 0 bridgehead atoms. The lowest BCUT2D eigenvalue weighted by atomic mass is 10.1. The van der Waals surface area contributed by atoms with Crippen molar-refractivity contribution in [2.24, 2.45) is 0 Å². The second-order valence-corrected chi connectivity index (χ2v) is 5.14. The number of hydrogen-bond acceptors (Lipinski definition) is 2. The van der Waals surface area contributed by atoms with Crippen molar-refractivity contribution in [1.82, 2.24) is 15.0 Å². The van der Waals surface area contributed by atoms with Crippen molar-refractivity contribution in [3.63, 3.8) is 0 Å². The Kier molecular flexibility index (Phi) is 2.67. The van der Waals surface area contributed by atoms with Crippen LogP contribution in [-0.4, -0.2) is 15.0 Å². The minimum Gasteiger partial charge on any atom is -0.337 e. The summed E-state index contributed by atoms with van der Waals surface area (Å²) in [6.45, 7) is 4.04. The van der Waals surface area contributed by atoms with Gasteiger partial charge in [0.1, 0.15) is 5.82 Å². The molecule has 1 aromatic carbocycles. The minimum atomic E-state index is 0.762. The van der Waals surface area contributed by atoms with Crippen LogP contribution in [-0.2, 0) is 0 Å². The van der Waals surface area contributed by atoms with Gasteiger partial charge in [0.05, 0.1) is 5.52 Å². The molecule has 2 heterocycles. The molecule has 0 aliphatic heterocycles. The molecule has 0 saturated carbocycles. The van der Waals surface area contributed by atoms with E-state index >= 15 is 0 Å². The molecule has 90 valence electrons. The van der Waals surface area contributed by atoms with Crippen molar-refractivity contribution in [3.05, 3.63) is 46.1 Å². The molecular formula is C14H12BrN3. The van der Waals surface area contributed by atoms with E-state index in [-0.39, 0.29) is 0 Å². The maximum absolute atomic E-state index is 4.55. The Morgan fingerprint density at radius 3 is 2.72 bits per heavy atom. The van der Waals surface area contributed by atoms with E-state index in [1.807, 2.05) is 31.2 Å². The average Bonchev–Trinajstić information content (AvgIpc) is 2.75. The largest absolute Gasteiger partial charge is 0.337 e. The van der Waals surface area contributed by atoms with E-state index < -0.39 is 0 Å². The molecular weight excluding hydrogens is 290 g/mol. The highest BCUT2D eigenvalue weighted by molar-refractivity contribution is 9.10. The molecule has 18 heavy (non-hydrogen) atoms. The van der Waals surface area contributed by atoms with Gasteiger partial charge in [0.2, 0.25) is 0 Å². The summed E-state index contributed by atoms with van der Waals surface area (Å²) in [6.07, 6.45) is 0. The fourth-order valence-electron chi connectivity index (χ4n) is 1.95. The smallest absolute Gasteiger partial charge is 0.178 e. The molecule has 3 nitrogen and oxygen atoms in total. The number of nitrogens with zero attached hydrogens (tertiary/aromatic N) is 2. The number of nitrogens with one attached hydrogen (secondary N) is 1. The average molecular weight is 302 g/mol. The van der Waals surface area contributed by atoms with Crippen LogP contribution >= 0.6 is 15.9 Å². The van der Waals surface area contributed by atoms with Gasteiger partial charge in [-0.15, -0.1) is 0 Å². The van der Waals surface area contributed by atoms with Gasteiger partial charge in [-0.2, -0.15) is 0 Å². The van der Waals surface area contributed by atoms with Crippen molar-refractivity contribution in [1.29, 1.82) is 0 Å². The molecule has 3 aromatic rings. The number of aryl methyl sites for hydroxylation is 2. The van der Waals surface area contributed by atoms with Gasteiger partial charge in [-0.1, -0.05) is 18.2 Å². The van der Waals surface area contributed by atoms with E-state index in [4.69, 9.17) is 0 Å². The first-order chi connectivity index (χ1) is 8.65. The second-order valence-electron chi connectivity index (χ2n) is 4.35. The summed E-state index contributed by atoms with van der Waals surface area (Å²) >= 11 is 3.61. The molecule has 0 amide bonds. The Morgan fingerprint density at radius 2 is 1.89 bits per heavy atom. The monoisotopic (exact) mass is 301 g/mol. The number of H-pyrrole nitrogens is 1. The number of halogens is 1. The van der Waals surface area contributed by atoms with Crippen molar-refractivity contribution in [2.75, 3.05) is 0 Å². The molecule has 0 fully saturated rings. The zero-order valence-electron chi connectivity index (χ0n) is 10.2. The van der Waals surface area contributed by atoms with Gasteiger partial charge < -0.3 is 4.98 Å². The standard InChI is InChI=1S/C14H12BrN3/c1-8-4-3-5-10(12(8)15)13-17-11-7-6-9(2)16-14(11)18-13/h3-7H,1-2H3,(H,16,17,18). The zero-order chi connectivity index (χ0) is 12.7. The summed E-state index contributed by atoms with van der Waals surface area (Å²) in [5, 5.41) is 0. The fourth-order valence-corrected chi connectivity index (χ4v) is 2.40. The Hall–Kier alpha value is -1.68. The lowest BCUT2D eigenvalue weighted by Crippen LogP contribution is -1.85. The maximum Gasteiger partial charge on any atom is 0.178 e. The Morgan fingerprint density at radius 1 is 1.06 bits per heavy atom. The van der Waals surface area contributed by atoms with Gasteiger partial charge in [0.25, 0.3) is 0 Å². The summed E-state index contributed by atoms with van der Waals surface area (Å²) in [7, 11) is 0. The van der Waals surface area contributed by atoms with Gasteiger partial charge in [0, 0.05) is 15.7 Å². The number of fused-ring (bicyclic) bond motifs is 1. The van der Waals surface area contributed by atoms with Crippen molar-refractivity contribution in [2.45, 2.75) is 13.8 Å². The molecule has 4 heteroatoms. The van der Waals surface area contributed by atoms with Gasteiger partial charge in [0.15, 0.2) is 5.65 Å². The quantitative estimate of drug-likeness (QED) is 0.738. The van der Waals surface area contributed by atoms with Crippen LogP contribution < -0.4 is 0 Å². The van der Waals surface area contributed by atoms with Crippen LogP contribution in [0.5, 0.6) is 0 Å². The Labute approximate surface area is 113 Å². The van der Waals surface area contributed by atoms with E-state index in [2.05, 4.69) is 43.9 Å². The molecule has 0 unspecified atom stereocenters. The third-order valence-corrected chi connectivity index (χ3v) is 3.98. The second kappa shape index (κ2) is 4.21. The number of pyridine rings is 1. The highest BCUT2D eigenvalue weighted by Gasteiger charge is 2.10. The van der Waals surface area contributed by atoms with Crippen LogP contribution in [0.2, 0.25) is 0 Å². The molecule has 3 rings (SSSR count). The Bertz CT molecular complexity index is 731. The van der Waals surface area contributed by atoms with Gasteiger partial charge in [-0.25, -0.2) is 9.97 Å². The summed E-state index contributed by atoms with van der Waals surface area (Å²) < 4.78 is 1.07. The highest BCUT2D eigenvalue weighted by atomic mass is 79.9. The van der Waals surface area contributed by atoms with Crippen LogP contribution in [0.3, 0.4) is 0 Å². The predicted molar refractivity (Wildman–Crippen MR) is 76.5 cm³/mol. The van der Waals surface area contributed by atoms with Crippen LogP contribution in [0.4, 0.5) is 0 Å². The molecule has 2 aromatic heterocycles. The zero-order valence-corrected chi connectivity index (χ0v) is 11.7. The molecule has 0 saturated heterocycles. The molecule has 0 spiro atoms. The lowest BCUT2D eigenvalue weighted by molar-refractivity contribution is 1.22. The molecule has 0 radical (unpaired) electrons. The van der Waals surface area contributed by atoms with Crippen LogP contribution in [0.15, 0.2) is 34.8 Å². The third-order valence-electron chi connectivity index (χ3n) is 2.93. The van der Waals surface area contributed by atoms with Crippen LogP contribution in [0.1, 0.15) is 11.3 Å². The molecule has 0 atom stereocenters. The number of hydrogen-bond donors (Lipinski definition) is 1. The van der Waals surface area contributed by atoms with Gasteiger partial charge in [-0.05, 0) is 47.5 Å². The van der Waals surface area contributed by atoms with Crippen molar-refractivity contribution in [3.8, 4) is 11.4 Å². The third kappa shape index (κ3) is 1.82. The molecule has 1 N–H and O–H groups in total. The Balaban J connectivity index is 2.22. The van der Waals surface area contributed by atoms with Crippen molar-refractivity contribution < 1.29 is 0 Å². The molecule has 0 aliphatic rings. The number of aromatic nitrogens is 3. The number of aromatic amines is 1. The summed E-state index contributed by atoms with van der Waals surface area (Å²) in [4.78, 5) is 12.3. The first-order valence-electron chi connectivity index (χ1n) is 5.74. The maximum atomic E-state index is 4.55. The minimum absolute atomic E-state index is 0.762. The lowest BCUT2D eigenvalue weighted by Gasteiger charge is -2.03. The number of rotatable bonds is 1. The predicted octanol–water partition coefficient (Wildman–Crippen LogP) is 4.00. The highest BCUT2D eigenvalue weighted by Crippen LogP contribution is 2.29. The van der Waals surface area contributed by atoms with Crippen LogP contribution in [0.25, 0.3) is 22.6 Å².